The number of aryl methyl sites for hydroxylation is 1. The van der Waals surface area contributed by atoms with Gasteiger partial charge >= 0.3 is 0 Å². The van der Waals surface area contributed by atoms with E-state index in [2.05, 4.69) is 33.0 Å². The highest BCUT2D eigenvalue weighted by Crippen LogP contribution is 2.27. The Kier molecular flexibility index (Phi) is 4.21. The number of nitrogens with one attached hydrogen (secondary N) is 1. The molecule has 80 valence electrons. The fraction of sp³-hybridized carbons (Fsp3) is 0.667. The average molecular weight is 195 g/mol. The van der Waals surface area contributed by atoms with Crippen LogP contribution in [-0.4, -0.2) is 6.54 Å². The molecular weight excluding hydrogens is 174 g/mol. The number of furan rings is 1. The lowest BCUT2D eigenvalue weighted by atomic mass is 9.95. The molecule has 2 atom stereocenters. The number of rotatable bonds is 5. The van der Waals surface area contributed by atoms with Gasteiger partial charge in [0.25, 0.3) is 0 Å². The number of hydrogen-bond acceptors (Lipinski definition) is 2. The van der Waals surface area contributed by atoms with Crippen molar-refractivity contribution in [2.75, 3.05) is 6.54 Å². The Balaban J connectivity index is 2.82. The molecule has 1 N–H and O–H groups in total. The van der Waals surface area contributed by atoms with E-state index in [4.69, 9.17) is 4.42 Å². The lowest BCUT2D eigenvalue weighted by Crippen LogP contribution is -2.26. The predicted octanol–water partition coefficient (Wildman–Crippen LogP) is 3.28. The van der Waals surface area contributed by atoms with E-state index in [0.717, 1.165) is 18.7 Å². The molecule has 0 aliphatic carbocycles. The van der Waals surface area contributed by atoms with Crippen LogP contribution in [0.2, 0.25) is 0 Å². The van der Waals surface area contributed by atoms with E-state index in [-0.39, 0.29) is 0 Å². The molecule has 0 aromatic carbocycles. The van der Waals surface area contributed by atoms with Gasteiger partial charge < -0.3 is 9.73 Å². The molecule has 1 aromatic rings. The lowest BCUT2D eigenvalue weighted by Gasteiger charge is -2.22. The van der Waals surface area contributed by atoms with Crippen LogP contribution < -0.4 is 5.32 Å². The van der Waals surface area contributed by atoms with Crippen LogP contribution in [0.25, 0.3) is 0 Å². The maximum atomic E-state index is 5.54. The second-order valence-corrected chi connectivity index (χ2v) is 3.89. The van der Waals surface area contributed by atoms with Gasteiger partial charge in [0.05, 0.1) is 12.3 Å². The quantitative estimate of drug-likeness (QED) is 0.780. The summed E-state index contributed by atoms with van der Waals surface area (Å²) in [5.41, 5.74) is 1.25. The summed E-state index contributed by atoms with van der Waals surface area (Å²) in [7, 11) is 0. The first-order valence-electron chi connectivity index (χ1n) is 5.48. The summed E-state index contributed by atoms with van der Waals surface area (Å²) in [4.78, 5) is 0. The molecule has 0 saturated carbocycles. The Labute approximate surface area is 86.7 Å². The molecule has 2 nitrogen and oxygen atoms in total. The molecule has 1 heterocycles. The van der Waals surface area contributed by atoms with Crippen LogP contribution in [-0.2, 0) is 0 Å². The van der Waals surface area contributed by atoms with Crippen LogP contribution in [0.4, 0.5) is 0 Å². The van der Waals surface area contributed by atoms with E-state index in [1.807, 2.05) is 6.07 Å². The monoisotopic (exact) mass is 195 g/mol. The minimum absolute atomic E-state index is 0.361. The Hall–Kier alpha value is -0.760. The lowest BCUT2D eigenvalue weighted by molar-refractivity contribution is 0.322. The van der Waals surface area contributed by atoms with Gasteiger partial charge in [-0.2, -0.15) is 0 Å². The zero-order chi connectivity index (χ0) is 10.6. The summed E-state index contributed by atoms with van der Waals surface area (Å²) < 4.78 is 5.54. The van der Waals surface area contributed by atoms with Crippen LogP contribution in [0.1, 0.15) is 44.6 Å². The largest absolute Gasteiger partial charge is 0.467 e. The molecule has 0 spiro atoms. The molecule has 0 radical (unpaired) electrons. The van der Waals surface area contributed by atoms with Crippen molar-refractivity contribution in [2.24, 2.45) is 5.92 Å². The second kappa shape index (κ2) is 5.20. The fourth-order valence-corrected chi connectivity index (χ4v) is 1.71. The van der Waals surface area contributed by atoms with Gasteiger partial charge in [0.1, 0.15) is 5.76 Å². The summed E-state index contributed by atoms with van der Waals surface area (Å²) >= 11 is 0. The summed E-state index contributed by atoms with van der Waals surface area (Å²) in [6, 6.07) is 2.39. The minimum atomic E-state index is 0.361. The molecule has 2 unspecified atom stereocenters. The Morgan fingerprint density at radius 1 is 1.43 bits per heavy atom. The molecule has 1 aromatic heterocycles. The third kappa shape index (κ3) is 2.38. The fourth-order valence-electron chi connectivity index (χ4n) is 1.71. The summed E-state index contributed by atoms with van der Waals surface area (Å²) in [6.07, 6.45) is 2.94. The van der Waals surface area contributed by atoms with E-state index in [1.165, 1.54) is 5.56 Å². The summed E-state index contributed by atoms with van der Waals surface area (Å²) in [5.74, 6) is 1.71. The molecule has 1 rings (SSSR count). The molecule has 0 saturated heterocycles. The van der Waals surface area contributed by atoms with Crippen molar-refractivity contribution < 1.29 is 4.42 Å². The Morgan fingerprint density at radius 3 is 2.57 bits per heavy atom. The topological polar surface area (TPSA) is 25.2 Å². The van der Waals surface area contributed by atoms with E-state index >= 15 is 0 Å². The number of hydrogen-bond donors (Lipinski definition) is 1. The third-order valence-corrected chi connectivity index (χ3v) is 2.82. The maximum absolute atomic E-state index is 5.54. The highest BCUT2D eigenvalue weighted by atomic mass is 16.3. The zero-order valence-corrected chi connectivity index (χ0v) is 9.63. The van der Waals surface area contributed by atoms with Crippen molar-refractivity contribution in [3.8, 4) is 0 Å². The third-order valence-electron chi connectivity index (χ3n) is 2.82. The van der Waals surface area contributed by atoms with Gasteiger partial charge in [-0.3, -0.25) is 0 Å². The first-order valence-corrected chi connectivity index (χ1v) is 5.48. The summed E-state index contributed by atoms with van der Waals surface area (Å²) in [6.45, 7) is 9.69. The second-order valence-electron chi connectivity index (χ2n) is 3.89. The molecule has 0 amide bonds. The van der Waals surface area contributed by atoms with Gasteiger partial charge in [0.2, 0.25) is 0 Å². The Morgan fingerprint density at radius 2 is 2.14 bits per heavy atom. The first-order chi connectivity index (χ1) is 6.70. The molecule has 0 aliphatic heterocycles. The van der Waals surface area contributed by atoms with Gasteiger partial charge in [-0.15, -0.1) is 0 Å². The van der Waals surface area contributed by atoms with Crippen molar-refractivity contribution in [3.05, 3.63) is 23.7 Å². The van der Waals surface area contributed by atoms with Crippen molar-refractivity contribution in [2.45, 2.75) is 40.2 Å². The zero-order valence-electron chi connectivity index (χ0n) is 9.63. The van der Waals surface area contributed by atoms with Crippen molar-refractivity contribution in [3.63, 3.8) is 0 Å². The van der Waals surface area contributed by atoms with Crippen LogP contribution in [0, 0.1) is 12.8 Å². The molecule has 0 fully saturated rings. The predicted molar refractivity (Wildman–Crippen MR) is 59.3 cm³/mol. The van der Waals surface area contributed by atoms with Gasteiger partial charge in [-0.25, -0.2) is 0 Å². The van der Waals surface area contributed by atoms with E-state index < -0.39 is 0 Å². The highest BCUT2D eigenvalue weighted by Gasteiger charge is 2.21. The minimum Gasteiger partial charge on any atom is -0.467 e. The first kappa shape index (κ1) is 11.3. The van der Waals surface area contributed by atoms with Crippen molar-refractivity contribution >= 4 is 0 Å². The van der Waals surface area contributed by atoms with Crippen molar-refractivity contribution in [1.29, 1.82) is 0 Å². The van der Waals surface area contributed by atoms with E-state index in [1.54, 1.807) is 6.26 Å². The molecule has 0 bridgehead atoms. The molecule has 14 heavy (non-hydrogen) atoms. The smallest absolute Gasteiger partial charge is 0.123 e. The van der Waals surface area contributed by atoms with Gasteiger partial charge in [-0.05, 0) is 31.0 Å². The van der Waals surface area contributed by atoms with Crippen molar-refractivity contribution in [1.82, 2.24) is 5.32 Å². The normalized spacial score (nSPS) is 15.4. The molecular formula is C12H21NO. The highest BCUT2D eigenvalue weighted by molar-refractivity contribution is 5.18. The average Bonchev–Trinajstić information content (AvgIpc) is 2.60. The SMILES string of the molecule is CCNC(c1occc1C)C(C)CC. The maximum Gasteiger partial charge on any atom is 0.123 e. The summed E-state index contributed by atoms with van der Waals surface area (Å²) in [5, 5.41) is 3.48. The molecule has 0 aliphatic rings. The van der Waals surface area contributed by atoms with Crippen LogP contribution in [0.15, 0.2) is 16.7 Å². The van der Waals surface area contributed by atoms with E-state index in [9.17, 15) is 0 Å². The van der Waals surface area contributed by atoms with Crippen LogP contribution >= 0.6 is 0 Å². The van der Waals surface area contributed by atoms with Gasteiger partial charge in [-0.1, -0.05) is 27.2 Å². The standard InChI is InChI=1S/C12H21NO/c1-5-9(3)11(13-6-2)12-10(4)7-8-14-12/h7-9,11,13H,5-6H2,1-4H3. The van der Waals surface area contributed by atoms with Gasteiger partial charge in [0, 0.05) is 0 Å². The van der Waals surface area contributed by atoms with Gasteiger partial charge in [0.15, 0.2) is 0 Å². The Bertz CT molecular complexity index is 267. The van der Waals surface area contributed by atoms with Crippen LogP contribution in [0.3, 0.4) is 0 Å². The van der Waals surface area contributed by atoms with Crippen LogP contribution in [0.5, 0.6) is 0 Å². The molecule has 2 heteroatoms. The van der Waals surface area contributed by atoms with E-state index in [0.29, 0.717) is 12.0 Å².